The number of ether oxygens (including phenoxy) is 2. The minimum Gasteiger partial charge on any atom is -0.454 e. The SMILES string of the molecule is CCOC(=O)NC(=O)COC(=O)[C@@H](CC(C)C)N1C(=O)c2ccccc2C1=O. The molecule has 0 aliphatic carbocycles. The zero-order valence-corrected chi connectivity index (χ0v) is 15.9. The summed E-state index contributed by atoms with van der Waals surface area (Å²) < 4.78 is 9.50. The van der Waals surface area contributed by atoms with Crippen LogP contribution in [0.5, 0.6) is 0 Å². The number of fused-ring (bicyclic) bond motifs is 1. The van der Waals surface area contributed by atoms with Gasteiger partial charge in [-0.25, -0.2) is 9.59 Å². The molecule has 0 unspecified atom stereocenters. The number of hydrogen-bond donors (Lipinski definition) is 1. The van der Waals surface area contributed by atoms with Gasteiger partial charge in [0.2, 0.25) is 0 Å². The third-order valence-corrected chi connectivity index (χ3v) is 3.97. The predicted molar refractivity (Wildman–Crippen MR) is 96.3 cm³/mol. The van der Waals surface area contributed by atoms with Crippen LogP contribution in [0.25, 0.3) is 0 Å². The zero-order chi connectivity index (χ0) is 20.8. The Labute approximate surface area is 162 Å². The predicted octanol–water partition coefficient (Wildman–Crippen LogP) is 1.51. The highest BCUT2D eigenvalue weighted by Gasteiger charge is 2.43. The lowest BCUT2D eigenvalue weighted by molar-refractivity contribution is -0.152. The number of alkyl carbamates (subject to hydrolysis) is 1. The minimum absolute atomic E-state index is 0.0322. The van der Waals surface area contributed by atoms with Crippen LogP contribution in [0.3, 0.4) is 0 Å². The molecule has 1 heterocycles. The minimum atomic E-state index is -1.18. The lowest BCUT2D eigenvalue weighted by Gasteiger charge is -2.25. The number of rotatable bonds is 7. The van der Waals surface area contributed by atoms with E-state index in [1.54, 1.807) is 19.1 Å². The van der Waals surface area contributed by atoms with Gasteiger partial charge < -0.3 is 9.47 Å². The number of benzene rings is 1. The summed E-state index contributed by atoms with van der Waals surface area (Å²) in [6.07, 6.45) is -0.785. The average molecular weight is 390 g/mol. The molecular formula is C19H22N2O7. The Morgan fingerprint density at radius 3 is 2.11 bits per heavy atom. The van der Waals surface area contributed by atoms with E-state index in [1.807, 2.05) is 19.2 Å². The molecule has 150 valence electrons. The Bertz CT molecular complexity index is 768. The molecule has 4 amide bonds. The molecule has 1 aromatic carbocycles. The second kappa shape index (κ2) is 9.12. The van der Waals surface area contributed by atoms with Gasteiger partial charge in [-0.3, -0.25) is 24.6 Å². The van der Waals surface area contributed by atoms with E-state index in [1.165, 1.54) is 12.1 Å². The highest BCUT2D eigenvalue weighted by Crippen LogP contribution is 2.27. The van der Waals surface area contributed by atoms with Gasteiger partial charge in [0.05, 0.1) is 17.7 Å². The van der Waals surface area contributed by atoms with E-state index < -0.39 is 42.4 Å². The number of carbonyl (C=O) groups excluding carboxylic acids is 5. The Balaban J connectivity index is 2.11. The van der Waals surface area contributed by atoms with Crippen LogP contribution in [0.4, 0.5) is 4.79 Å². The van der Waals surface area contributed by atoms with Crippen LogP contribution in [-0.4, -0.2) is 53.9 Å². The standard InChI is InChI=1S/C19H22N2O7/c1-4-27-19(26)20-15(22)10-28-18(25)14(9-11(2)3)21-16(23)12-7-5-6-8-13(12)17(21)24/h5-8,11,14H,4,9-10H2,1-3H3,(H,20,22,26)/t14-/m1/s1. The Morgan fingerprint density at radius 1 is 1.04 bits per heavy atom. The second-order valence-electron chi connectivity index (χ2n) is 6.55. The van der Waals surface area contributed by atoms with Crippen molar-refractivity contribution in [1.29, 1.82) is 0 Å². The van der Waals surface area contributed by atoms with E-state index in [-0.39, 0.29) is 30.1 Å². The van der Waals surface area contributed by atoms with Crippen molar-refractivity contribution in [3.63, 3.8) is 0 Å². The van der Waals surface area contributed by atoms with Crippen molar-refractivity contribution < 1.29 is 33.4 Å². The topological polar surface area (TPSA) is 119 Å². The molecule has 2 rings (SSSR count). The summed E-state index contributed by atoms with van der Waals surface area (Å²) in [5.74, 6) is -2.98. The van der Waals surface area contributed by atoms with E-state index >= 15 is 0 Å². The van der Waals surface area contributed by atoms with Gasteiger partial charge in [0, 0.05) is 0 Å². The normalized spacial score (nSPS) is 13.9. The first-order valence-electron chi connectivity index (χ1n) is 8.86. The lowest BCUT2D eigenvalue weighted by Crippen LogP contribution is -2.47. The first-order valence-corrected chi connectivity index (χ1v) is 8.86. The van der Waals surface area contributed by atoms with Crippen LogP contribution in [0.15, 0.2) is 24.3 Å². The Kier molecular flexibility index (Phi) is 6.86. The van der Waals surface area contributed by atoms with Crippen molar-refractivity contribution in [2.45, 2.75) is 33.2 Å². The fraction of sp³-hybridized carbons (Fsp3) is 0.421. The molecule has 1 aliphatic rings. The first-order chi connectivity index (χ1) is 13.3. The van der Waals surface area contributed by atoms with Crippen molar-refractivity contribution in [3.8, 4) is 0 Å². The number of imide groups is 2. The number of carbonyl (C=O) groups is 5. The molecule has 1 aliphatic heterocycles. The molecule has 1 atom stereocenters. The maximum atomic E-state index is 12.6. The lowest BCUT2D eigenvalue weighted by atomic mass is 10.0. The zero-order valence-electron chi connectivity index (χ0n) is 15.9. The maximum absolute atomic E-state index is 12.6. The Morgan fingerprint density at radius 2 is 1.61 bits per heavy atom. The molecule has 1 aromatic rings. The van der Waals surface area contributed by atoms with Crippen molar-refractivity contribution >= 4 is 29.8 Å². The van der Waals surface area contributed by atoms with Gasteiger partial charge in [-0.05, 0) is 31.4 Å². The van der Waals surface area contributed by atoms with Gasteiger partial charge in [0.1, 0.15) is 6.04 Å². The average Bonchev–Trinajstić information content (AvgIpc) is 2.89. The van der Waals surface area contributed by atoms with E-state index in [0.29, 0.717) is 0 Å². The van der Waals surface area contributed by atoms with Crippen LogP contribution in [0.2, 0.25) is 0 Å². The molecule has 0 fully saturated rings. The molecule has 1 N–H and O–H groups in total. The first kappa shape index (κ1) is 21.1. The number of nitrogens with one attached hydrogen (secondary N) is 1. The highest BCUT2D eigenvalue weighted by molar-refractivity contribution is 6.22. The van der Waals surface area contributed by atoms with Crippen molar-refractivity contribution in [2.75, 3.05) is 13.2 Å². The Hall–Kier alpha value is -3.23. The van der Waals surface area contributed by atoms with Crippen molar-refractivity contribution in [3.05, 3.63) is 35.4 Å². The van der Waals surface area contributed by atoms with Crippen LogP contribution in [0, 0.1) is 5.92 Å². The summed E-state index contributed by atoms with van der Waals surface area (Å²) in [5.41, 5.74) is 0.434. The van der Waals surface area contributed by atoms with Crippen LogP contribution < -0.4 is 5.32 Å². The third-order valence-electron chi connectivity index (χ3n) is 3.97. The summed E-state index contributed by atoms with van der Waals surface area (Å²) in [6.45, 7) is 4.56. The van der Waals surface area contributed by atoms with Crippen LogP contribution in [-0.2, 0) is 19.1 Å². The molecule has 28 heavy (non-hydrogen) atoms. The van der Waals surface area contributed by atoms with E-state index in [2.05, 4.69) is 4.74 Å². The molecule has 0 saturated carbocycles. The number of hydrogen-bond acceptors (Lipinski definition) is 7. The number of amides is 4. The van der Waals surface area contributed by atoms with E-state index in [9.17, 15) is 24.0 Å². The molecular weight excluding hydrogens is 368 g/mol. The van der Waals surface area contributed by atoms with Gasteiger partial charge in [-0.15, -0.1) is 0 Å². The molecule has 0 saturated heterocycles. The molecule has 0 spiro atoms. The van der Waals surface area contributed by atoms with Gasteiger partial charge in [0.25, 0.3) is 17.7 Å². The summed E-state index contributed by atoms with van der Waals surface area (Å²) in [6, 6.07) is 5.11. The molecule has 0 aromatic heterocycles. The quantitative estimate of drug-likeness (QED) is 0.554. The number of esters is 1. The second-order valence-corrected chi connectivity index (χ2v) is 6.55. The van der Waals surface area contributed by atoms with Gasteiger partial charge >= 0.3 is 12.1 Å². The summed E-state index contributed by atoms with van der Waals surface area (Å²) in [7, 11) is 0. The summed E-state index contributed by atoms with van der Waals surface area (Å²) in [4.78, 5) is 61.6. The van der Waals surface area contributed by atoms with E-state index in [0.717, 1.165) is 4.90 Å². The fourth-order valence-electron chi connectivity index (χ4n) is 2.79. The summed E-state index contributed by atoms with van der Waals surface area (Å²) in [5, 5.41) is 1.89. The van der Waals surface area contributed by atoms with Crippen molar-refractivity contribution in [1.82, 2.24) is 10.2 Å². The summed E-state index contributed by atoms with van der Waals surface area (Å²) >= 11 is 0. The largest absolute Gasteiger partial charge is 0.454 e. The monoisotopic (exact) mass is 390 g/mol. The number of nitrogens with zero attached hydrogens (tertiary/aromatic N) is 1. The third kappa shape index (κ3) is 4.73. The molecule has 0 bridgehead atoms. The van der Waals surface area contributed by atoms with Gasteiger partial charge in [-0.1, -0.05) is 26.0 Å². The molecule has 9 heteroatoms. The molecule has 0 radical (unpaired) electrons. The highest BCUT2D eigenvalue weighted by atomic mass is 16.6. The van der Waals surface area contributed by atoms with Crippen LogP contribution >= 0.6 is 0 Å². The van der Waals surface area contributed by atoms with Gasteiger partial charge in [0.15, 0.2) is 6.61 Å². The van der Waals surface area contributed by atoms with E-state index in [4.69, 9.17) is 4.74 Å². The van der Waals surface area contributed by atoms with Crippen molar-refractivity contribution in [2.24, 2.45) is 5.92 Å². The fourth-order valence-corrected chi connectivity index (χ4v) is 2.79. The molecule has 9 nitrogen and oxygen atoms in total. The van der Waals surface area contributed by atoms with Crippen LogP contribution in [0.1, 0.15) is 47.9 Å². The smallest absolute Gasteiger partial charge is 0.413 e. The van der Waals surface area contributed by atoms with Gasteiger partial charge in [-0.2, -0.15) is 0 Å². The maximum Gasteiger partial charge on any atom is 0.413 e.